The van der Waals surface area contributed by atoms with Crippen molar-refractivity contribution < 1.29 is 19.4 Å². The first-order valence-electron chi connectivity index (χ1n) is 5.03. The number of methoxy groups -OCH3 is 2. The number of allylic oxidation sites excluding steroid dienone is 1. The summed E-state index contributed by atoms with van der Waals surface area (Å²) in [6.45, 7) is 0. The highest BCUT2D eigenvalue weighted by Gasteiger charge is 2.21. The van der Waals surface area contributed by atoms with Crippen molar-refractivity contribution in [3.8, 4) is 0 Å². The first kappa shape index (κ1) is 12.7. The van der Waals surface area contributed by atoms with Crippen molar-refractivity contribution in [1.82, 2.24) is 0 Å². The lowest BCUT2D eigenvalue weighted by atomic mass is 9.94. The molecule has 0 spiro atoms. The summed E-state index contributed by atoms with van der Waals surface area (Å²) in [5.41, 5.74) is 6.64. The molecule has 0 saturated carbocycles. The quantitative estimate of drug-likeness (QED) is 0.721. The summed E-state index contributed by atoms with van der Waals surface area (Å²) < 4.78 is 10.3. The number of carboxylic acids is 1. The minimum atomic E-state index is -0.907. The van der Waals surface area contributed by atoms with Gasteiger partial charge in [-0.1, -0.05) is 0 Å². The Labute approximate surface area is 94.5 Å². The highest BCUT2D eigenvalue weighted by atomic mass is 16.5. The number of hydrogen-bond donors (Lipinski definition) is 2. The van der Waals surface area contributed by atoms with Crippen LogP contribution in [0, 0.1) is 0 Å². The third-order valence-corrected chi connectivity index (χ3v) is 2.52. The molecule has 0 radical (unpaired) electrons. The van der Waals surface area contributed by atoms with Crippen molar-refractivity contribution in [3.63, 3.8) is 0 Å². The van der Waals surface area contributed by atoms with E-state index in [0.717, 1.165) is 5.57 Å². The van der Waals surface area contributed by atoms with E-state index in [-0.39, 0.29) is 12.5 Å². The number of nitrogens with two attached hydrogens (primary N) is 1. The standard InChI is InChI=1S/C11H17NO4/c1-15-8-3-7(4-9(5-8)16-2)10(12)6-11(13)14/h3,5,9-10H,4,6,12H2,1-2H3,(H,13,14). The smallest absolute Gasteiger partial charge is 0.305 e. The number of carbonyl (C=O) groups is 1. The summed E-state index contributed by atoms with van der Waals surface area (Å²) in [5, 5.41) is 8.68. The van der Waals surface area contributed by atoms with Gasteiger partial charge in [-0.2, -0.15) is 0 Å². The van der Waals surface area contributed by atoms with E-state index in [4.69, 9.17) is 20.3 Å². The monoisotopic (exact) mass is 227 g/mol. The van der Waals surface area contributed by atoms with Crippen LogP contribution in [0.5, 0.6) is 0 Å². The van der Waals surface area contributed by atoms with Gasteiger partial charge in [0.25, 0.3) is 0 Å². The van der Waals surface area contributed by atoms with Crippen LogP contribution in [-0.4, -0.2) is 37.4 Å². The average Bonchev–Trinajstić information content (AvgIpc) is 2.27. The van der Waals surface area contributed by atoms with E-state index in [1.54, 1.807) is 20.3 Å². The first-order chi connectivity index (χ1) is 7.56. The van der Waals surface area contributed by atoms with E-state index in [9.17, 15) is 4.79 Å². The van der Waals surface area contributed by atoms with Crippen LogP contribution >= 0.6 is 0 Å². The molecule has 2 unspecified atom stereocenters. The van der Waals surface area contributed by atoms with E-state index in [2.05, 4.69) is 0 Å². The average molecular weight is 227 g/mol. The van der Waals surface area contributed by atoms with Gasteiger partial charge in [0.2, 0.25) is 0 Å². The van der Waals surface area contributed by atoms with Gasteiger partial charge in [0, 0.05) is 19.6 Å². The van der Waals surface area contributed by atoms with Crippen molar-refractivity contribution in [2.45, 2.75) is 25.0 Å². The molecular formula is C11H17NO4. The molecule has 1 rings (SSSR count). The zero-order valence-electron chi connectivity index (χ0n) is 9.47. The molecule has 90 valence electrons. The van der Waals surface area contributed by atoms with Crippen LogP contribution in [0.25, 0.3) is 0 Å². The van der Waals surface area contributed by atoms with Gasteiger partial charge in [0.05, 0.1) is 19.6 Å². The normalized spacial score (nSPS) is 22.1. The molecule has 3 N–H and O–H groups in total. The molecule has 5 heteroatoms. The first-order valence-corrected chi connectivity index (χ1v) is 5.03. The molecule has 0 amide bonds. The summed E-state index contributed by atoms with van der Waals surface area (Å²) in [6.07, 6.45) is 4.05. The van der Waals surface area contributed by atoms with Gasteiger partial charge in [-0.05, 0) is 17.7 Å². The third-order valence-electron chi connectivity index (χ3n) is 2.52. The molecule has 2 atom stereocenters. The molecule has 0 bridgehead atoms. The molecule has 1 aliphatic rings. The molecule has 0 aromatic heterocycles. The van der Waals surface area contributed by atoms with Gasteiger partial charge in [-0.25, -0.2) is 0 Å². The largest absolute Gasteiger partial charge is 0.497 e. The van der Waals surface area contributed by atoms with Crippen molar-refractivity contribution in [3.05, 3.63) is 23.5 Å². The summed E-state index contributed by atoms with van der Waals surface area (Å²) >= 11 is 0. The zero-order chi connectivity index (χ0) is 12.1. The predicted molar refractivity (Wildman–Crippen MR) is 58.8 cm³/mol. The lowest BCUT2D eigenvalue weighted by molar-refractivity contribution is -0.137. The van der Waals surface area contributed by atoms with Crippen LogP contribution in [0.3, 0.4) is 0 Å². The molecule has 0 fully saturated rings. The number of hydrogen-bond acceptors (Lipinski definition) is 4. The summed E-state index contributed by atoms with van der Waals surface area (Å²) in [5.74, 6) is -0.246. The fraction of sp³-hybridized carbons (Fsp3) is 0.545. The molecule has 0 aromatic carbocycles. The molecule has 5 nitrogen and oxygen atoms in total. The maximum absolute atomic E-state index is 10.6. The van der Waals surface area contributed by atoms with Gasteiger partial charge >= 0.3 is 5.97 Å². The van der Waals surface area contributed by atoms with Crippen molar-refractivity contribution in [1.29, 1.82) is 0 Å². The lowest BCUT2D eigenvalue weighted by Crippen LogP contribution is -2.29. The van der Waals surface area contributed by atoms with Crippen LogP contribution in [0.2, 0.25) is 0 Å². The fourth-order valence-corrected chi connectivity index (χ4v) is 1.62. The summed E-state index contributed by atoms with van der Waals surface area (Å²) in [4.78, 5) is 10.6. The molecule has 0 heterocycles. The SMILES string of the molecule is COC1=CC(OC)CC(C(N)CC(=O)O)=C1. The highest BCUT2D eigenvalue weighted by molar-refractivity contribution is 5.68. The highest BCUT2D eigenvalue weighted by Crippen LogP contribution is 2.23. The maximum Gasteiger partial charge on any atom is 0.305 e. The number of rotatable bonds is 5. The van der Waals surface area contributed by atoms with Gasteiger partial charge in [0.1, 0.15) is 5.76 Å². The van der Waals surface area contributed by atoms with Crippen LogP contribution < -0.4 is 5.73 Å². The Hall–Kier alpha value is -1.33. The van der Waals surface area contributed by atoms with Crippen LogP contribution in [-0.2, 0) is 14.3 Å². The van der Waals surface area contributed by atoms with Crippen molar-refractivity contribution in [2.75, 3.05) is 14.2 Å². The Morgan fingerprint density at radius 2 is 2.38 bits per heavy atom. The molecule has 0 saturated heterocycles. The minimum absolute atomic E-state index is 0.0841. The maximum atomic E-state index is 10.6. The van der Waals surface area contributed by atoms with E-state index in [1.165, 1.54) is 0 Å². The van der Waals surface area contributed by atoms with Crippen molar-refractivity contribution in [2.24, 2.45) is 5.73 Å². The lowest BCUT2D eigenvalue weighted by Gasteiger charge is -2.23. The number of ether oxygens (including phenoxy) is 2. The Morgan fingerprint density at radius 1 is 1.69 bits per heavy atom. The van der Waals surface area contributed by atoms with Crippen LogP contribution in [0.15, 0.2) is 23.5 Å². The molecule has 1 aliphatic carbocycles. The predicted octanol–water partition coefficient (Wildman–Crippen LogP) is 0.664. The molecular weight excluding hydrogens is 210 g/mol. The molecule has 0 aliphatic heterocycles. The van der Waals surface area contributed by atoms with Crippen LogP contribution in [0.1, 0.15) is 12.8 Å². The fourth-order valence-electron chi connectivity index (χ4n) is 1.62. The third kappa shape index (κ3) is 3.36. The Bertz CT molecular complexity index is 322. The molecule has 16 heavy (non-hydrogen) atoms. The Balaban J connectivity index is 2.76. The van der Waals surface area contributed by atoms with Gasteiger partial charge in [-0.3, -0.25) is 4.79 Å². The van der Waals surface area contributed by atoms with Gasteiger partial charge in [-0.15, -0.1) is 0 Å². The second-order valence-corrected chi connectivity index (χ2v) is 3.68. The van der Waals surface area contributed by atoms with E-state index < -0.39 is 12.0 Å². The molecule has 0 aromatic rings. The Kier molecular flexibility index (Phi) is 4.52. The van der Waals surface area contributed by atoms with E-state index in [0.29, 0.717) is 12.2 Å². The minimum Gasteiger partial charge on any atom is -0.497 e. The van der Waals surface area contributed by atoms with Crippen molar-refractivity contribution >= 4 is 5.97 Å². The second-order valence-electron chi connectivity index (χ2n) is 3.68. The van der Waals surface area contributed by atoms with E-state index in [1.807, 2.05) is 6.08 Å². The number of aliphatic carboxylic acids is 1. The zero-order valence-corrected chi connectivity index (χ0v) is 9.47. The Morgan fingerprint density at radius 3 is 2.88 bits per heavy atom. The number of carboxylic acid groups (broad SMARTS) is 1. The van der Waals surface area contributed by atoms with Gasteiger partial charge in [0.15, 0.2) is 0 Å². The van der Waals surface area contributed by atoms with Crippen LogP contribution in [0.4, 0.5) is 0 Å². The summed E-state index contributed by atoms with van der Waals surface area (Å²) in [6, 6.07) is -0.492. The van der Waals surface area contributed by atoms with Gasteiger partial charge < -0.3 is 20.3 Å². The topological polar surface area (TPSA) is 81.8 Å². The summed E-state index contributed by atoms with van der Waals surface area (Å²) in [7, 11) is 3.15. The second kappa shape index (κ2) is 5.67. The van der Waals surface area contributed by atoms with E-state index >= 15 is 0 Å².